The van der Waals surface area contributed by atoms with Gasteiger partial charge in [-0.15, -0.1) is 10.5 Å². The Balaban J connectivity index is 2.16. The quantitative estimate of drug-likeness (QED) is 0.839. The molecule has 1 aliphatic rings. The lowest BCUT2D eigenvalue weighted by Gasteiger charge is -2.03. The van der Waals surface area contributed by atoms with Crippen LogP contribution in [0.1, 0.15) is 23.7 Å². The molecule has 0 aliphatic carbocycles. The number of hydrogen-bond acceptors (Lipinski definition) is 4. The van der Waals surface area contributed by atoms with Gasteiger partial charge in [0, 0.05) is 0 Å². The molecule has 1 amide bonds. The Bertz CT molecular complexity index is 526. The van der Waals surface area contributed by atoms with Gasteiger partial charge >= 0.3 is 0 Å². The maximum atomic E-state index is 12.0. The van der Waals surface area contributed by atoms with Gasteiger partial charge in [0.15, 0.2) is 0 Å². The first-order valence-electron chi connectivity index (χ1n) is 5.46. The Labute approximate surface area is 109 Å². The minimum Gasteiger partial charge on any atom is -0.496 e. The zero-order valence-corrected chi connectivity index (χ0v) is 10.9. The van der Waals surface area contributed by atoms with Gasteiger partial charge in [-0.3, -0.25) is 4.79 Å². The van der Waals surface area contributed by atoms with Crippen molar-refractivity contribution in [3.05, 3.63) is 29.8 Å². The first kappa shape index (κ1) is 12.6. The molecule has 5 nitrogen and oxygen atoms in total. The van der Waals surface area contributed by atoms with E-state index in [1.165, 1.54) is 18.9 Å². The molecule has 0 spiro atoms. The Morgan fingerprint density at radius 2 is 2.22 bits per heavy atom. The molecule has 0 fully saturated rings. The molecule has 18 heavy (non-hydrogen) atoms. The lowest BCUT2D eigenvalue weighted by Crippen LogP contribution is -2.06. The predicted molar refractivity (Wildman–Crippen MR) is 72.2 cm³/mol. The standard InChI is InChI=1S/C12H12N3O2S/c1-3-10-14-15-12(18-10)13-11(16)8-6-4-5-7-9(8)17-2/h4-7H,3H2,1-2H3. The highest BCUT2D eigenvalue weighted by Gasteiger charge is 2.18. The van der Waals surface area contributed by atoms with Crippen molar-refractivity contribution in [2.24, 2.45) is 10.1 Å². The molecular formula is C12H12N3O2S. The van der Waals surface area contributed by atoms with Crippen LogP contribution in [-0.2, 0) is 0 Å². The fourth-order valence-corrected chi connectivity index (χ4v) is 2.05. The minimum absolute atomic E-state index is 0.369. The Kier molecular flexibility index (Phi) is 3.99. The summed E-state index contributed by atoms with van der Waals surface area (Å²) in [5.41, 5.74) is 4.27. The van der Waals surface area contributed by atoms with Gasteiger partial charge in [-0.25, -0.2) is 0 Å². The third-order valence-corrected chi connectivity index (χ3v) is 3.25. The number of nitrogens with zero attached hydrogens (tertiary/aromatic N) is 3. The minimum atomic E-state index is -0.369. The van der Waals surface area contributed by atoms with Crippen molar-refractivity contribution >= 4 is 27.9 Å². The number of rotatable bonds is 3. The fourth-order valence-electron chi connectivity index (χ4n) is 1.40. The highest BCUT2D eigenvalue weighted by molar-refractivity contribution is 8.26. The first-order chi connectivity index (χ1) is 8.74. The van der Waals surface area contributed by atoms with Gasteiger partial charge in [0.25, 0.3) is 5.91 Å². The highest BCUT2D eigenvalue weighted by Crippen LogP contribution is 2.20. The van der Waals surface area contributed by atoms with Crippen LogP contribution in [0.4, 0.5) is 0 Å². The number of benzene rings is 1. The van der Waals surface area contributed by atoms with Crippen molar-refractivity contribution < 1.29 is 9.53 Å². The Morgan fingerprint density at radius 3 is 2.89 bits per heavy atom. The summed E-state index contributed by atoms with van der Waals surface area (Å²) in [5, 5.41) is 5.16. The number of ether oxygens (including phenoxy) is 1. The van der Waals surface area contributed by atoms with Crippen molar-refractivity contribution in [1.82, 2.24) is 5.43 Å². The van der Waals surface area contributed by atoms with E-state index in [1.807, 2.05) is 6.92 Å². The van der Waals surface area contributed by atoms with Crippen LogP contribution < -0.4 is 10.2 Å². The van der Waals surface area contributed by atoms with E-state index in [0.717, 1.165) is 11.5 Å². The Morgan fingerprint density at radius 1 is 1.44 bits per heavy atom. The number of aliphatic imine (C=N–C) groups is 1. The third kappa shape index (κ3) is 2.70. The monoisotopic (exact) mass is 262 g/mol. The van der Waals surface area contributed by atoms with Crippen LogP contribution in [0.3, 0.4) is 0 Å². The maximum absolute atomic E-state index is 12.0. The number of amidine groups is 1. The largest absolute Gasteiger partial charge is 0.496 e. The Hall–Kier alpha value is -1.82. The molecule has 0 atom stereocenters. The molecule has 1 aliphatic heterocycles. The molecule has 1 aromatic rings. The summed E-state index contributed by atoms with van der Waals surface area (Å²) in [6.45, 7) is 1.98. The molecule has 0 unspecified atom stereocenters. The van der Waals surface area contributed by atoms with E-state index >= 15 is 0 Å². The van der Waals surface area contributed by atoms with Gasteiger partial charge < -0.3 is 4.74 Å². The summed E-state index contributed by atoms with van der Waals surface area (Å²) in [6.07, 6.45) is 0.788. The lowest BCUT2D eigenvalue weighted by atomic mass is 10.2. The zero-order valence-electron chi connectivity index (χ0n) is 10.1. The average molecular weight is 262 g/mol. The smallest absolute Gasteiger partial charge is 0.283 e. The van der Waals surface area contributed by atoms with Gasteiger partial charge in [0.05, 0.1) is 12.7 Å². The van der Waals surface area contributed by atoms with Crippen molar-refractivity contribution in [3.8, 4) is 5.75 Å². The average Bonchev–Trinajstić information content (AvgIpc) is 2.86. The number of amides is 1. The number of carbonyl (C=O) groups is 1. The van der Waals surface area contributed by atoms with Crippen LogP contribution in [0, 0.1) is 0 Å². The van der Waals surface area contributed by atoms with E-state index in [9.17, 15) is 4.79 Å². The fraction of sp³-hybridized carbons (Fsp3) is 0.250. The van der Waals surface area contributed by atoms with Gasteiger partial charge in [0.1, 0.15) is 10.8 Å². The summed E-state index contributed by atoms with van der Waals surface area (Å²) in [4.78, 5) is 15.9. The van der Waals surface area contributed by atoms with Crippen LogP contribution >= 0.6 is 11.8 Å². The topological polar surface area (TPSA) is 65.1 Å². The van der Waals surface area contributed by atoms with Crippen molar-refractivity contribution in [2.75, 3.05) is 7.11 Å². The molecule has 0 saturated carbocycles. The molecule has 0 aromatic heterocycles. The molecule has 1 aromatic carbocycles. The zero-order chi connectivity index (χ0) is 13.0. The highest BCUT2D eigenvalue weighted by atomic mass is 32.2. The van der Waals surface area contributed by atoms with Gasteiger partial charge in [-0.05, 0) is 30.3 Å². The van der Waals surface area contributed by atoms with Crippen molar-refractivity contribution in [1.29, 1.82) is 0 Å². The van der Waals surface area contributed by atoms with E-state index in [-0.39, 0.29) is 5.91 Å². The number of methoxy groups -OCH3 is 1. The van der Waals surface area contributed by atoms with Crippen molar-refractivity contribution in [2.45, 2.75) is 13.3 Å². The first-order valence-corrected chi connectivity index (χ1v) is 6.27. The van der Waals surface area contributed by atoms with Gasteiger partial charge in [0.2, 0.25) is 5.17 Å². The normalized spacial score (nSPS) is 16.3. The summed E-state index contributed by atoms with van der Waals surface area (Å²) in [5.74, 6) is 0.137. The van der Waals surface area contributed by atoms with Crippen LogP contribution in [0.5, 0.6) is 5.75 Å². The summed E-state index contributed by atoms with van der Waals surface area (Å²) < 4.78 is 5.12. The molecular weight excluding hydrogens is 250 g/mol. The molecule has 6 heteroatoms. The van der Waals surface area contributed by atoms with E-state index in [4.69, 9.17) is 4.74 Å². The van der Waals surface area contributed by atoms with Crippen LogP contribution in [0.2, 0.25) is 0 Å². The number of thioether (sulfide) groups is 1. The molecule has 2 rings (SSSR count). The van der Waals surface area contributed by atoms with Gasteiger partial charge in [-0.1, -0.05) is 19.1 Å². The van der Waals surface area contributed by atoms with E-state index in [0.29, 0.717) is 16.5 Å². The summed E-state index contributed by atoms with van der Waals surface area (Å²) in [7, 11) is 1.52. The molecule has 0 N–H and O–H groups in total. The van der Waals surface area contributed by atoms with Crippen LogP contribution in [-0.4, -0.2) is 23.2 Å². The summed E-state index contributed by atoms with van der Waals surface area (Å²) in [6, 6.07) is 6.96. The number of carbonyl (C=O) groups excluding carboxylic acids is 1. The summed E-state index contributed by atoms with van der Waals surface area (Å²) >= 11 is 1.32. The van der Waals surface area contributed by atoms with E-state index in [1.54, 1.807) is 24.3 Å². The maximum Gasteiger partial charge on any atom is 0.283 e. The SMILES string of the molecule is CCC1=N[N]C(=NC(=O)c2ccccc2OC)S1. The molecule has 0 saturated heterocycles. The van der Waals surface area contributed by atoms with Gasteiger partial charge in [-0.2, -0.15) is 4.99 Å². The van der Waals surface area contributed by atoms with E-state index in [2.05, 4.69) is 15.5 Å². The second-order valence-corrected chi connectivity index (χ2v) is 4.49. The second-order valence-electron chi connectivity index (χ2n) is 3.45. The molecule has 0 bridgehead atoms. The van der Waals surface area contributed by atoms with Crippen LogP contribution in [0.25, 0.3) is 0 Å². The predicted octanol–water partition coefficient (Wildman–Crippen LogP) is 2.27. The van der Waals surface area contributed by atoms with Crippen molar-refractivity contribution in [3.63, 3.8) is 0 Å². The molecule has 93 valence electrons. The third-order valence-electron chi connectivity index (χ3n) is 2.29. The van der Waals surface area contributed by atoms with E-state index < -0.39 is 0 Å². The lowest BCUT2D eigenvalue weighted by molar-refractivity contribution is 0.1000. The van der Waals surface area contributed by atoms with Crippen LogP contribution in [0.15, 0.2) is 34.4 Å². The second kappa shape index (κ2) is 5.68. The number of para-hydroxylation sites is 1. The molecule has 1 heterocycles. The number of hydrogen-bond donors (Lipinski definition) is 0. The molecule has 1 radical (unpaired) electrons.